The molecule has 2 rings (SSSR count). The van der Waals surface area contributed by atoms with Crippen LogP contribution in [-0.4, -0.2) is 40.4 Å². The third-order valence-electron chi connectivity index (χ3n) is 4.44. The summed E-state index contributed by atoms with van der Waals surface area (Å²) in [6, 6.07) is 13.6. The zero-order valence-electron chi connectivity index (χ0n) is 18.2. The van der Waals surface area contributed by atoms with Gasteiger partial charge in [-0.05, 0) is 64.3 Å². The Kier molecular flexibility index (Phi) is 8.37. The highest BCUT2D eigenvalue weighted by Crippen LogP contribution is 2.26. The van der Waals surface area contributed by atoms with Crippen molar-refractivity contribution in [1.29, 1.82) is 0 Å². The molecule has 0 aliphatic rings. The lowest BCUT2D eigenvalue weighted by Crippen LogP contribution is -2.46. The Morgan fingerprint density at radius 3 is 2.07 bits per heavy atom. The summed E-state index contributed by atoms with van der Waals surface area (Å²) in [6.45, 7) is 14.1. The molecule has 0 aliphatic carbocycles. The third kappa shape index (κ3) is 6.24. The van der Waals surface area contributed by atoms with Crippen molar-refractivity contribution in [3.8, 4) is 0 Å². The quantitative estimate of drug-likeness (QED) is 0.381. The van der Waals surface area contributed by atoms with Crippen molar-refractivity contribution in [3.63, 3.8) is 0 Å². The molecule has 0 fully saturated rings. The van der Waals surface area contributed by atoms with Gasteiger partial charge in [0.2, 0.25) is 0 Å². The van der Waals surface area contributed by atoms with E-state index in [0.717, 1.165) is 12.5 Å². The van der Waals surface area contributed by atoms with E-state index in [9.17, 15) is 0 Å². The highest BCUT2D eigenvalue weighted by molar-refractivity contribution is 6.60. The number of nitrogens with zero attached hydrogens (tertiary/aromatic N) is 1. The first-order valence-corrected chi connectivity index (χ1v) is 12.2. The number of aryl methyl sites for hydroxylation is 1. The van der Waals surface area contributed by atoms with Gasteiger partial charge in [0.25, 0.3) is 0 Å². The van der Waals surface area contributed by atoms with Crippen LogP contribution in [0.4, 0.5) is 0 Å². The lowest BCUT2D eigenvalue weighted by molar-refractivity contribution is 0.0714. The Morgan fingerprint density at radius 2 is 1.50 bits per heavy atom. The second-order valence-corrected chi connectivity index (χ2v) is 10.5. The van der Waals surface area contributed by atoms with Gasteiger partial charge in [-0.15, -0.1) is 0 Å². The molecule has 0 radical (unpaired) electrons. The molecule has 0 N–H and O–H groups in total. The molecule has 0 atom stereocenters. The number of hydrogen-bond donors (Lipinski definition) is 0. The maximum absolute atomic E-state index is 6.03. The summed E-state index contributed by atoms with van der Waals surface area (Å²) in [5.41, 5.74) is 2.32. The van der Waals surface area contributed by atoms with Crippen LogP contribution in [0.1, 0.15) is 52.7 Å². The molecule has 0 saturated heterocycles. The van der Waals surface area contributed by atoms with Crippen LogP contribution >= 0.6 is 0 Å². The van der Waals surface area contributed by atoms with Crippen LogP contribution in [0.25, 0.3) is 10.8 Å². The normalized spacial score (nSPS) is 12.9. The molecule has 2 aromatic carbocycles. The number of fused-ring (bicyclic) bond motifs is 1. The molecular formula is C23H35NO3Si. The van der Waals surface area contributed by atoms with E-state index in [1.54, 1.807) is 0 Å². The van der Waals surface area contributed by atoms with Crippen LogP contribution in [0.3, 0.4) is 0 Å². The van der Waals surface area contributed by atoms with E-state index in [2.05, 4.69) is 57.2 Å². The fourth-order valence-electron chi connectivity index (χ4n) is 3.26. The Bertz CT molecular complexity index is 766. The van der Waals surface area contributed by atoms with E-state index in [1.165, 1.54) is 21.9 Å². The second-order valence-electron chi connectivity index (χ2n) is 7.77. The average molecular weight is 402 g/mol. The zero-order valence-corrected chi connectivity index (χ0v) is 19.2. The summed E-state index contributed by atoms with van der Waals surface area (Å²) in [6.07, 6.45) is 2.87. The molecule has 0 saturated carbocycles. The van der Waals surface area contributed by atoms with Gasteiger partial charge in [0.05, 0.1) is 5.54 Å². The van der Waals surface area contributed by atoms with Gasteiger partial charge in [0.1, 0.15) is 0 Å². The van der Waals surface area contributed by atoms with Crippen LogP contribution in [0.15, 0.2) is 41.4 Å². The molecular weight excluding hydrogens is 366 g/mol. The van der Waals surface area contributed by atoms with Crippen LogP contribution in [0.5, 0.6) is 0 Å². The number of aliphatic imine (C=N–C) groups is 1. The minimum Gasteiger partial charge on any atom is -0.374 e. The smallest absolute Gasteiger partial charge is 0.374 e. The lowest BCUT2D eigenvalue weighted by Gasteiger charge is -2.28. The Hall–Kier alpha value is -1.53. The number of rotatable bonds is 10. The van der Waals surface area contributed by atoms with E-state index < -0.39 is 8.80 Å². The molecule has 0 spiro atoms. The molecule has 4 nitrogen and oxygen atoms in total. The molecule has 0 aromatic heterocycles. The molecule has 28 heavy (non-hydrogen) atoms. The van der Waals surface area contributed by atoms with Crippen molar-refractivity contribution in [3.05, 3.63) is 47.5 Å². The van der Waals surface area contributed by atoms with Crippen molar-refractivity contribution in [2.75, 3.05) is 19.8 Å². The summed E-state index contributed by atoms with van der Waals surface area (Å²) in [4.78, 5) is 4.78. The van der Waals surface area contributed by atoms with E-state index >= 15 is 0 Å². The summed E-state index contributed by atoms with van der Waals surface area (Å²) in [7, 11) is -2.67. The first-order valence-electron chi connectivity index (χ1n) is 10.3. The average Bonchev–Trinajstić information content (AvgIpc) is 2.65. The Labute approximate surface area is 171 Å². The van der Waals surface area contributed by atoms with Gasteiger partial charge in [0.15, 0.2) is 0 Å². The number of benzene rings is 2. The summed E-state index contributed by atoms with van der Waals surface area (Å²) in [5, 5.41) is 2.45. The highest BCUT2D eigenvalue weighted by atomic mass is 28.4. The van der Waals surface area contributed by atoms with Crippen molar-refractivity contribution in [2.24, 2.45) is 4.99 Å². The maximum atomic E-state index is 6.03. The molecule has 0 heterocycles. The topological polar surface area (TPSA) is 40.0 Å². The molecule has 0 amide bonds. The van der Waals surface area contributed by atoms with Gasteiger partial charge in [-0.2, -0.15) is 0 Å². The lowest BCUT2D eigenvalue weighted by atomic mass is 9.98. The molecule has 2 aromatic rings. The summed E-state index contributed by atoms with van der Waals surface area (Å²) < 4.78 is 18.1. The molecule has 0 unspecified atom stereocenters. The SMILES string of the molecule is CCO[Si](CCc1ccc2ccccc2c1C=NC(C)(C)C)(OCC)OCC. The van der Waals surface area contributed by atoms with E-state index in [4.69, 9.17) is 18.3 Å². The van der Waals surface area contributed by atoms with Gasteiger partial charge >= 0.3 is 8.80 Å². The minimum absolute atomic E-state index is 0.116. The maximum Gasteiger partial charge on any atom is 0.501 e. The molecule has 5 heteroatoms. The fraction of sp³-hybridized carbons (Fsp3) is 0.522. The predicted molar refractivity (Wildman–Crippen MR) is 120 cm³/mol. The van der Waals surface area contributed by atoms with Crippen LogP contribution in [0.2, 0.25) is 6.04 Å². The van der Waals surface area contributed by atoms with Gasteiger partial charge < -0.3 is 13.3 Å². The zero-order chi connectivity index (χ0) is 20.6. The van der Waals surface area contributed by atoms with Crippen molar-refractivity contribution in [1.82, 2.24) is 0 Å². The van der Waals surface area contributed by atoms with E-state index in [1.807, 2.05) is 27.0 Å². The van der Waals surface area contributed by atoms with Crippen molar-refractivity contribution < 1.29 is 13.3 Å². The monoisotopic (exact) mass is 401 g/mol. The second kappa shape index (κ2) is 10.3. The number of hydrogen-bond acceptors (Lipinski definition) is 4. The van der Waals surface area contributed by atoms with Gasteiger partial charge in [0, 0.05) is 37.6 Å². The van der Waals surface area contributed by atoms with Crippen molar-refractivity contribution in [2.45, 2.75) is 59.5 Å². The molecule has 0 bridgehead atoms. The molecule has 154 valence electrons. The fourth-order valence-corrected chi connectivity index (χ4v) is 5.84. The standard InChI is InChI=1S/C23H35NO3Si/c1-7-25-28(26-8-2,27-9-3)17-16-20-15-14-19-12-10-11-13-21(19)22(20)18-24-23(4,5)6/h10-15,18H,7-9,16-17H2,1-6H3. The first kappa shape index (κ1) is 22.8. The van der Waals surface area contributed by atoms with Crippen LogP contribution in [0, 0.1) is 0 Å². The van der Waals surface area contributed by atoms with Crippen molar-refractivity contribution >= 4 is 25.8 Å². The third-order valence-corrected chi connectivity index (χ3v) is 7.48. The van der Waals surface area contributed by atoms with Gasteiger partial charge in [-0.1, -0.05) is 36.4 Å². The largest absolute Gasteiger partial charge is 0.501 e. The van der Waals surface area contributed by atoms with Crippen LogP contribution < -0.4 is 0 Å². The summed E-state index contributed by atoms with van der Waals surface area (Å²) in [5.74, 6) is 0. The highest BCUT2D eigenvalue weighted by Gasteiger charge is 2.40. The van der Waals surface area contributed by atoms with Gasteiger partial charge in [-0.3, -0.25) is 4.99 Å². The minimum atomic E-state index is -2.67. The Balaban J connectivity index is 2.41. The summed E-state index contributed by atoms with van der Waals surface area (Å²) >= 11 is 0. The van der Waals surface area contributed by atoms with E-state index in [0.29, 0.717) is 19.8 Å². The van der Waals surface area contributed by atoms with Gasteiger partial charge in [-0.25, -0.2) is 0 Å². The van der Waals surface area contributed by atoms with Crippen LogP contribution in [-0.2, 0) is 19.7 Å². The molecule has 0 aliphatic heterocycles. The Morgan fingerprint density at radius 1 is 0.893 bits per heavy atom. The van der Waals surface area contributed by atoms with E-state index in [-0.39, 0.29) is 5.54 Å². The first-order chi connectivity index (χ1) is 13.3. The predicted octanol–water partition coefficient (Wildman–Crippen LogP) is 5.65.